The first kappa shape index (κ1) is 18.4. The lowest BCUT2D eigenvalue weighted by atomic mass is 10.1. The molecule has 1 fully saturated rings. The van der Waals surface area contributed by atoms with Crippen LogP contribution in [0, 0.1) is 0 Å². The molecule has 5 nitrogen and oxygen atoms in total. The van der Waals surface area contributed by atoms with E-state index >= 15 is 0 Å². The summed E-state index contributed by atoms with van der Waals surface area (Å²) in [7, 11) is 3.15. The molecule has 1 aliphatic heterocycles. The molecule has 0 radical (unpaired) electrons. The minimum absolute atomic E-state index is 0.168. The summed E-state index contributed by atoms with van der Waals surface area (Å²) >= 11 is 0. The van der Waals surface area contributed by atoms with Crippen LogP contribution in [0.1, 0.15) is 12.5 Å². The Kier molecular flexibility index (Phi) is 5.58. The Morgan fingerprint density at radius 1 is 1.25 bits per heavy atom. The van der Waals surface area contributed by atoms with Gasteiger partial charge in [0.1, 0.15) is 0 Å². The van der Waals surface area contributed by atoms with E-state index in [-0.39, 0.29) is 17.4 Å². The van der Waals surface area contributed by atoms with Crippen LogP contribution in [0.5, 0.6) is 0 Å². The van der Waals surface area contributed by atoms with Crippen LogP contribution in [0.25, 0.3) is 0 Å². The minimum Gasteiger partial charge on any atom is -0.368 e. The summed E-state index contributed by atoms with van der Waals surface area (Å²) in [6.07, 6.45) is -4.48. The lowest BCUT2D eigenvalue weighted by molar-refractivity contribution is -0.137. The van der Waals surface area contributed by atoms with Crippen molar-refractivity contribution in [1.29, 1.82) is 0 Å². The number of nitrogens with one attached hydrogen (secondary N) is 1. The van der Waals surface area contributed by atoms with Crippen LogP contribution in [0.15, 0.2) is 18.2 Å². The summed E-state index contributed by atoms with van der Waals surface area (Å²) in [5, 5.41) is 3.13. The molecule has 2 amide bonds. The molecule has 0 saturated carbocycles. The zero-order valence-electron chi connectivity index (χ0n) is 14.2. The number of urea groups is 1. The third kappa shape index (κ3) is 3.92. The molecule has 1 saturated heterocycles. The van der Waals surface area contributed by atoms with Crippen molar-refractivity contribution in [2.75, 3.05) is 56.6 Å². The van der Waals surface area contributed by atoms with E-state index in [1.54, 1.807) is 32.0 Å². The normalized spacial score (nSPS) is 15.3. The van der Waals surface area contributed by atoms with Crippen LogP contribution in [0.4, 0.5) is 29.3 Å². The predicted molar refractivity (Wildman–Crippen MR) is 88.6 cm³/mol. The fourth-order valence-corrected chi connectivity index (χ4v) is 2.77. The van der Waals surface area contributed by atoms with Crippen LogP contribution in [0.3, 0.4) is 0 Å². The molecule has 0 unspecified atom stereocenters. The van der Waals surface area contributed by atoms with Crippen molar-refractivity contribution in [2.45, 2.75) is 13.1 Å². The van der Waals surface area contributed by atoms with E-state index in [9.17, 15) is 18.0 Å². The van der Waals surface area contributed by atoms with Crippen molar-refractivity contribution in [2.24, 2.45) is 0 Å². The molecule has 1 heterocycles. The topological polar surface area (TPSA) is 38.8 Å². The molecule has 134 valence electrons. The number of carbonyl (C=O) groups is 1. The fourth-order valence-electron chi connectivity index (χ4n) is 2.77. The molecule has 1 aromatic rings. The number of hydrogen-bond donors (Lipinski definition) is 1. The molecule has 1 N–H and O–H groups in total. The maximum Gasteiger partial charge on any atom is 0.418 e. The number of hydrogen-bond acceptors (Lipinski definition) is 3. The van der Waals surface area contributed by atoms with Gasteiger partial charge in [-0.2, -0.15) is 13.2 Å². The fraction of sp³-hybridized carbons (Fsp3) is 0.562. The average Bonchev–Trinajstić information content (AvgIpc) is 2.55. The Bertz CT molecular complexity index is 583. The van der Waals surface area contributed by atoms with Gasteiger partial charge in [0.25, 0.3) is 0 Å². The first-order chi connectivity index (χ1) is 11.3. The average molecular weight is 344 g/mol. The Morgan fingerprint density at radius 3 is 2.38 bits per heavy atom. The van der Waals surface area contributed by atoms with Crippen LogP contribution < -0.4 is 15.1 Å². The van der Waals surface area contributed by atoms with Crippen molar-refractivity contribution in [3.63, 3.8) is 0 Å². The molecule has 2 rings (SSSR count). The van der Waals surface area contributed by atoms with E-state index < -0.39 is 11.7 Å². The zero-order chi connectivity index (χ0) is 17.9. The van der Waals surface area contributed by atoms with Crippen molar-refractivity contribution >= 4 is 17.4 Å². The number of halogens is 3. The largest absolute Gasteiger partial charge is 0.418 e. The second-order valence-electron chi connectivity index (χ2n) is 5.86. The molecule has 0 aromatic heterocycles. The van der Waals surface area contributed by atoms with Gasteiger partial charge in [-0.25, -0.2) is 4.79 Å². The van der Waals surface area contributed by atoms with E-state index in [0.29, 0.717) is 32.7 Å². The molecule has 8 heteroatoms. The summed E-state index contributed by atoms with van der Waals surface area (Å²) in [4.78, 5) is 16.6. The second kappa shape index (κ2) is 7.29. The van der Waals surface area contributed by atoms with Crippen LogP contribution in [0.2, 0.25) is 0 Å². The Morgan fingerprint density at radius 2 is 1.88 bits per heavy atom. The van der Waals surface area contributed by atoms with Crippen molar-refractivity contribution < 1.29 is 18.0 Å². The molecule has 1 aromatic carbocycles. The number of anilines is 2. The minimum atomic E-state index is -4.48. The van der Waals surface area contributed by atoms with Crippen LogP contribution in [-0.2, 0) is 6.18 Å². The molecule has 0 bridgehead atoms. The number of piperazine rings is 1. The highest BCUT2D eigenvalue weighted by atomic mass is 19.4. The van der Waals surface area contributed by atoms with Gasteiger partial charge in [-0.3, -0.25) is 4.90 Å². The number of alkyl halides is 3. The maximum atomic E-state index is 13.6. The van der Waals surface area contributed by atoms with E-state index in [0.717, 1.165) is 6.07 Å². The van der Waals surface area contributed by atoms with E-state index in [2.05, 4.69) is 5.32 Å². The number of amides is 2. The van der Waals surface area contributed by atoms with Crippen LogP contribution in [-0.4, -0.2) is 57.8 Å². The SMILES string of the molecule is CCN(C(=O)N(C)C)c1ccc(N2CCNCC2)c(C(F)(F)F)c1. The van der Waals surface area contributed by atoms with Gasteiger partial charge in [-0.05, 0) is 25.1 Å². The number of carbonyl (C=O) groups excluding carboxylic acids is 1. The van der Waals surface area contributed by atoms with Crippen molar-refractivity contribution in [3.05, 3.63) is 23.8 Å². The summed E-state index contributed by atoms with van der Waals surface area (Å²) < 4.78 is 40.7. The molecular weight excluding hydrogens is 321 g/mol. The van der Waals surface area contributed by atoms with Gasteiger partial charge in [-0.1, -0.05) is 0 Å². The van der Waals surface area contributed by atoms with Gasteiger partial charge >= 0.3 is 12.2 Å². The Hall–Kier alpha value is -1.96. The quantitative estimate of drug-likeness (QED) is 0.916. The lowest BCUT2D eigenvalue weighted by Gasteiger charge is -2.32. The first-order valence-corrected chi connectivity index (χ1v) is 7.91. The highest BCUT2D eigenvalue weighted by molar-refractivity contribution is 5.92. The van der Waals surface area contributed by atoms with Gasteiger partial charge in [0, 0.05) is 58.2 Å². The highest BCUT2D eigenvalue weighted by Gasteiger charge is 2.36. The molecule has 0 aliphatic carbocycles. The van der Waals surface area contributed by atoms with Gasteiger partial charge in [0.15, 0.2) is 0 Å². The van der Waals surface area contributed by atoms with E-state index in [4.69, 9.17) is 0 Å². The molecule has 1 aliphatic rings. The smallest absolute Gasteiger partial charge is 0.368 e. The molecule has 0 atom stereocenters. The monoisotopic (exact) mass is 344 g/mol. The predicted octanol–water partition coefficient (Wildman–Crippen LogP) is 2.62. The van der Waals surface area contributed by atoms with Gasteiger partial charge in [0.2, 0.25) is 0 Å². The molecular formula is C16H23F3N4O. The Labute approximate surface area is 140 Å². The standard InChI is InChI=1S/C16H23F3N4O/c1-4-23(15(24)21(2)3)12-5-6-14(13(11-12)16(17,18)19)22-9-7-20-8-10-22/h5-6,11,20H,4,7-10H2,1-3H3. The summed E-state index contributed by atoms with van der Waals surface area (Å²) in [6.45, 7) is 4.38. The number of nitrogens with zero attached hydrogens (tertiary/aromatic N) is 3. The van der Waals surface area contributed by atoms with Crippen molar-refractivity contribution in [3.8, 4) is 0 Å². The summed E-state index contributed by atoms with van der Waals surface area (Å²) in [5.74, 6) is 0. The van der Waals surface area contributed by atoms with Crippen molar-refractivity contribution in [1.82, 2.24) is 10.2 Å². The molecule has 24 heavy (non-hydrogen) atoms. The Balaban J connectivity index is 2.44. The highest BCUT2D eigenvalue weighted by Crippen LogP contribution is 2.39. The number of benzene rings is 1. The van der Waals surface area contributed by atoms with Crippen LogP contribution >= 0.6 is 0 Å². The summed E-state index contributed by atoms with van der Waals surface area (Å²) in [6, 6.07) is 3.77. The maximum absolute atomic E-state index is 13.6. The third-order valence-electron chi connectivity index (χ3n) is 3.98. The van der Waals surface area contributed by atoms with E-state index in [1.165, 1.54) is 15.9 Å². The van der Waals surface area contributed by atoms with E-state index in [1.807, 2.05) is 0 Å². The second-order valence-corrected chi connectivity index (χ2v) is 5.86. The number of rotatable bonds is 3. The van der Waals surface area contributed by atoms with Gasteiger partial charge < -0.3 is 15.1 Å². The first-order valence-electron chi connectivity index (χ1n) is 7.91. The third-order valence-corrected chi connectivity index (χ3v) is 3.98. The lowest BCUT2D eigenvalue weighted by Crippen LogP contribution is -2.44. The zero-order valence-corrected chi connectivity index (χ0v) is 14.2. The van der Waals surface area contributed by atoms with Gasteiger partial charge in [0.05, 0.1) is 5.56 Å². The molecule has 0 spiro atoms. The van der Waals surface area contributed by atoms with Gasteiger partial charge in [-0.15, -0.1) is 0 Å². The summed E-state index contributed by atoms with van der Waals surface area (Å²) in [5.41, 5.74) is -0.282.